The number of thiazole rings is 1. The highest BCUT2D eigenvalue weighted by Gasteiger charge is 2.26. The van der Waals surface area contributed by atoms with Crippen molar-refractivity contribution in [3.63, 3.8) is 0 Å². The lowest BCUT2D eigenvalue weighted by Crippen LogP contribution is -2.16. The quantitative estimate of drug-likeness (QED) is 0.838. The number of nitrogens with zero attached hydrogens (tertiary/aromatic N) is 1. The molecule has 0 aromatic carbocycles. The van der Waals surface area contributed by atoms with E-state index in [1.807, 2.05) is 11.3 Å². The summed E-state index contributed by atoms with van der Waals surface area (Å²) < 4.78 is 0. The molecule has 96 valence electrons. The molecule has 1 aliphatic rings. The number of hydrogen-bond donors (Lipinski definition) is 1. The van der Waals surface area contributed by atoms with Gasteiger partial charge in [-0.05, 0) is 13.0 Å². The summed E-state index contributed by atoms with van der Waals surface area (Å²) >= 11 is 5.99. The van der Waals surface area contributed by atoms with E-state index >= 15 is 0 Å². The van der Waals surface area contributed by atoms with Crippen LogP contribution in [-0.4, -0.2) is 28.3 Å². The fraction of sp³-hybridized carbons (Fsp3) is 0.750. The summed E-state index contributed by atoms with van der Waals surface area (Å²) in [5, 5.41) is 8.26. The van der Waals surface area contributed by atoms with Crippen LogP contribution < -0.4 is 5.32 Å². The maximum absolute atomic E-state index is 4.78. The molecule has 0 amide bonds. The summed E-state index contributed by atoms with van der Waals surface area (Å²) in [5.74, 6) is 2.56. The number of rotatable bonds is 5. The van der Waals surface area contributed by atoms with Crippen molar-refractivity contribution in [1.29, 1.82) is 0 Å². The second-order valence-corrected chi connectivity index (χ2v) is 7.85. The van der Waals surface area contributed by atoms with Crippen molar-refractivity contribution >= 4 is 34.9 Å². The van der Waals surface area contributed by atoms with Crippen molar-refractivity contribution in [2.75, 3.05) is 18.1 Å². The van der Waals surface area contributed by atoms with E-state index in [0.29, 0.717) is 10.5 Å². The van der Waals surface area contributed by atoms with E-state index in [0.717, 1.165) is 13.1 Å². The summed E-state index contributed by atoms with van der Waals surface area (Å²) in [6, 6.07) is 0. The Morgan fingerprint density at radius 3 is 3.00 bits per heavy atom. The zero-order valence-electron chi connectivity index (χ0n) is 10.4. The van der Waals surface area contributed by atoms with E-state index < -0.39 is 0 Å². The van der Waals surface area contributed by atoms with E-state index in [9.17, 15) is 0 Å². The standard InChI is InChI=1S/C12H20N2S3/c1-3-4-13-7-10-8-17-12(14-10)11-9(2)15-5-6-16-11/h8-9,11,13H,3-7H2,1-2H3. The van der Waals surface area contributed by atoms with Gasteiger partial charge in [-0.1, -0.05) is 13.8 Å². The van der Waals surface area contributed by atoms with Crippen LogP contribution >= 0.6 is 34.9 Å². The molecule has 0 bridgehead atoms. The fourth-order valence-electron chi connectivity index (χ4n) is 1.83. The minimum Gasteiger partial charge on any atom is -0.311 e. The molecule has 0 spiro atoms. The second-order valence-electron chi connectivity index (χ2n) is 4.22. The molecule has 1 N–H and O–H groups in total. The van der Waals surface area contributed by atoms with Gasteiger partial charge >= 0.3 is 0 Å². The Hall–Kier alpha value is 0.290. The highest BCUT2D eigenvalue weighted by molar-refractivity contribution is 8.06. The summed E-state index contributed by atoms with van der Waals surface area (Å²) in [5.41, 5.74) is 1.21. The molecule has 1 saturated heterocycles. The SMILES string of the molecule is CCCNCc1csc(C2SCCSC2C)n1. The average Bonchev–Trinajstić information content (AvgIpc) is 2.79. The number of nitrogens with one attached hydrogen (secondary N) is 1. The highest BCUT2D eigenvalue weighted by atomic mass is 32.2. The normalized spacial score (nSPS) is 25.1. The third-order valence-corrected chi connectivity index (χ3v) is 6.96. The van der Waals surface area contributed by atoms with Gasteiger partial charge in [0.05, 0.1) is 10.9 Å². The molecular weight excluding hydrogens is 268 g/mol. The highest BCUT2D eigenvalue weighted by Crippen LogP contribution is 2.43. The van der Waals surface area contributed by atoms with Crippen LogP contribution in [-0.2, 0) is 6.54 Å². The van der Waals surface area contributed by atoms with Crippen LogP contribution in [0, 0.1) is 0 Å². The summed E-state index contributed by atoms with van der Waals surface area (Å²) in [4.78, 5) is 4.78. The van der Waals surface area contributed by atoms with Crippen molar-refractivity contribution in [3.05, 3.63) is 16.1 Å². The first-order valence-electron chi connectivity index (χ1n) is 6.19. The lowest BCUT2D eigenvalue weighted by atomic mass is 10.3. The molecule has 1 aliphatic heterocycles. The monoisotopic (exact) mass is 288 g/mol. The molecule has 17 heavy (non-hydrogen) atoms. The van der Waals surface area contributed by atoms with Gasteiger partial charge in [0.15, 0.2) is 0 Å². The lowest BCUT2D eigenvalue weighted by Gasteiger charge is -2.25. The van der Waals surface area contributed by atoms with Crippen molar-refractivity contribution < 1.29 is 0 Å². The Balaban J connectivity index is 1.92. The Morgan fingerprint density at radius 1 is 1.41 bits per heavy atom. The molecule has 1 fully saturated rings. The number of hydrogen-bond acceptors (Lipinski definition) is 5. The summed E-state index contributed by atoms with van der Waals surface area (Å²) in [6.07, 6.45) is 1.18. The number of thioether (sulfide) groups is 2. The molecule has 2 nitrogen and oxygen atoms in total. The molecular formula is C12H20N2S3. The molecule has 5 heteroatoms. The lowest BCUT2D eigenvalue weighted by molar-refractivity contribution is 0.664. The topological polar surface area (TPSA) is 24.9 Å². The zero-order chi connectivity index (χ0) is 12.1. The predicted octanol–water partition coefficient (Wildman–Crippen LogP) is 3.55. The van der Waals surface area contributed by atoms with Crippen LogP contribution in [0.3, 0.4) is 0 Å². The van der Waals surface area contributed by atoms with Gasteiger partial charge in [0, 0.05) is 28.7 Å². The zero-order valence-corrected chi connectivity index (χ0v) is 12.9. The van der Waals surface area contributed by atoms with Crippen LogP contribution in [0.25, 0.3) is 0 Å². The minimum absolute atomic E-state index is 0.610. The Morgan fingerprint density at radius 2 is 2.24 bits per heavy atom. The van der Waals surface area contributed by atoms with E-state index in [2.05, 4.69) is 48.1 Å². The molecule has 1 aromatic heterocycles. The third kappa shape index (κ3) is 3.88. The van der Waals surface area contributed by atoms with Crippen LogP contribution in [0.2, 0.25) is 0 Å². The van der Waals surface area contributed by atoms with Crippen molar-refractivity contribution in [2.24, 2.45) is 0 Å². The Bertz CT molecular complexity index is 340. The Kier molecular flexibility index (Phi) is 5.66. The van der Waals surface area contributed by atoms with E-state index in [4.69, 9.17) is 4.98 Å². The van der Waals surface area contributed by atoms with Crippen molar-refractivity contribution in [2.45, 2.75) is 37.3 Å². The average molecular weight is 289 g/mol. The van der Waals surface area contributed by atoms with E-state index in [-0.39, 0.29) is 0 Å². The molecule has 0 saturated carbocycles. The van der Waals surface area contributed by atoms with Crippen LogP contribution in [0.1, 0.15) is 36.2 Å². The van der Waals surface area contributed by atoms with Crippen LogP contribution in [0.5, 0.6) is 0 Å². The first-order valence-corrected chi connectivity index (χ1v) is 9.17. The third-order valence-electron chi connectivity index (χ3n) is 2.73. The van der Waals surface area contributed by atoms with E-state index in [1.54, 1.807) is 0 Å². The van der Waals surface area contributed by atoms with Gasteiger partial charge in [-0.15, -0.1) is 23.1 Å². The van der Waals surface area contributed by atoms with Gasteiger partial charge in [0.1, 0.15) is 5.01 Å². The van der Waals surface area contributed by atoms with Crippen molar-refractivity contribution in [1.82, 2.24) is 10.3 Å². The Labute approximate surface area is 116 Å². The summed E-state index contributed by atoms with van der Waals surface area (Å²) in [7, 11) is 0. The minimum atomic E-state index is 0.610. The van der Waals surface area contributed by atoms with Gasteiger partial charge in [-0.3, -0.25) is 0 Å². The second kappa shape index (κ2) is 7.02. The fourth-order valence-corrected chi connectivity index (χ4v) is 5.83. The maximum Gasteiger partial charge on any atom is 0.107 e. The molecule has 0 radical (unpaired) electrons. The van der Waals surface area contributed by atoms with Crippen LogP contribution in [0.4, 0.5) is 0 Å². The molecule has 2 heterocycles. The molecule has 0 aliphatic carbocycles. The van der Waals surface area contributed by atoms with Crippen molar-refractivity contribution in [3.8, 4) is 0 Å². The molecule has 1 aromatic rings. The molecule has 2 atom stereocenters. The maximum atomic E-state index is 4.78. The largest absolute Gasteiger partial charge is 0.311 e. The first-order chi connectivity index (χ1) is 8.31. The summed E-state index contributed by atoms with van der Waals surface area (Å²) in [6.45, 7) is 6.52. The van der Waals surface area contributed by atoms with Gasteiger partial charge in [0.2, 0.25) is 0 Å². The first kappa shape index (κ1) is 13.7. The van der Waals surface area contributed by atoms with Crippen LogP contribution in [0.15, 0.2) is 5.38 Å². The van der Waals surface area contributed by atoms with Gasteiger partial charge in [-0.2, -0.15) is 11.8 Å². The van der Waals surface area contributed by atoms with Gasteiger partial charge in [0.25, 0.3) is 0 Å². The van der Waals surface area contributed by atoms with Gasteiger partial charge < -0.3 is 5.32 Å². The molecule has 2 unspecified atom stereocenters. The van der Waals surface area contributed by atoms with Gasteiger partial charge in [-0.25, -0.2) is 4.98 Å². The van der Waals surface area contributed by atoms with E-state index in [1.165, 1.54) is 28.6 Å². The number of aromatic nitrogens is 1. The smallest absolute Gasteiger partial charge is 0.107 e. The predicted molar refractivity (Wildman–Crippen MR) is 81.2 cm³/mol. The molecule has 2 rings (SSSR count).